The molecule has 1 aliphatic rings. The van der Waals surface area contributed by atoms with Gasteiger partial charge in [-0.05, 0) is 43.3 Å². The van der Waals surface area contributed by atoms with Gasteiger partial charge in [-0.2, -0.15) is 9.78 Å². The van der Waals surface area contributed by atoms with Crippen molar-refractivity contribution in [3.63, 3.8) is 0 Å². The molecule has 3 aromatic carbocycles. The highest BCUT2D eigenvalue weighted by molar-refractivity contribution is 7.12. The maximum absolute atomic E-state index is 13.7. The average Bonchev–Trinajstić information content (AvgIpc) is 3.53. The summed E-state index contributed by atoms with van der Waals surface area (Å²) in [6.07, 6.45) is 0. The maximum Gasteiger partial charge on any atom is 0.237 e. The lowest BCUT2D eigenvalue weighted by Crippen LogP contribution is -2.26. The van der Waals surface area contributed by atoms with E-state index in [9.17, 15) is 4.79 Å². The summed E-state index contributed by atoms with van der Waals surface area (Å²) in [6.45, 7) is 1.89. The quantitative estimate of drug-likeness (QED) is 0.315. The molecule has 6 rings (SSSR count). The van der Waals surface area contributed by atoms with Gasteiger partial charge in [0.2, 0.25) is 11.0 Å². The normalized spacial score (nSPS) is 12.4. The number of hydrogen-bond donors (Lipinski definition) is 1. The highest BCUT2D eigenvalue weighted by Gasteiger charge is 2.33. The number of thiazole rings is 1. The van der Waals surface area contributed by atoms with Crippen LogP contribution in [-0.4, -0.2) is 27.8 Å². The van der Waals surface area contributed by atoms with Crippen LogP contribution in [0.3, 0.4) is 0 Å². The van der Waals surface area contributed by atoms with Crippen LogP contribution in [0.2, 0.25) is 0 Å². The van der Waals surface area contributed by atoms with Crippen LogP contribution in [-0.2, 0) is 4.79 Å². The highest BCUT2D eigenvalue weighted by atomic mass is 32.1. The number of amides is 1. The number of nitrogens with zero attached hydrogens (tertiary/aromatic N) is 3. The summed E-state index contributed by atoms with van der Waals surface area (Å²) in [6, 6.07) is 24.9. The minimum absolute atomic E-state index is 0.161. The number of aryl methyl sites for hydroxylation is 1. The second-order valence-electron chi connectivity index (χ2n) is 8.43. The Hall–Kier alpha value is -4.43. The van der Waals surface area contributed by atoms with E-state index in [4.69, 9.17) is 14.5 Å². The molecule has 0 bridgehead atoms. The zero-order valence-electron chi connectivity index (χ0n) is 19.6. The lowest BCUT2D eigenvalue weighted by Gasteiger charge is -2.27. The van der Waals surface area contributed by atoms with Crippen molar-refractivity contribution in [3.05, 3.63) is 101 Å². The number of carbonyl (C=O) groups is 1. The minimum atomic E-state index is -0.513. The summed E-state index contributed by atoms with van der Waals surface area (Å²) in [5.41, 5.74) is 4.23. The second kappa shape index (κ2) is 8.98. The average molecular weight is 495 g/mol. The largest absolute Gasteiger partial charge is 0.497 e. The monoisotopic (exact) mass is 494 g/mol. The van der Waals surface area contributed by atoms with Gasteiger partial charge in [-0.1, -0.05) is 36.4 Å². The Bertz CT molecular complexity index is 1530. The van der Waals surface area contributed by atoms with Crippen molar-refractivity contribution in [2.75, 3.05) is 12.4 Å². The SMILES string of the molecule is COc1ccc(-c2csc(-n3nc(C)cc3NC(=O)C3c4ccccc4Oc4ccccc43)n2)cc1. The van der Waals surface area contributed by atoms with Crippen LogP contribution in [0.15, 0.2) is 84.2 Å². The predicted molar refractivity (Wildman–Crippen MR) is 139 cm³/mol. The first-order chi connectivity index (χ1) is 17.6. The molecular weight excluding hydrogens is 472 g/mol. The molecule has 1 N–H and O–H groups in total. The summed E-state index contributed by atoms with van der Waals surface area (Å²) >= 11 is 1.46. The van der Waals surface area contributed by atoms with Crippen molar-refractivity contribution in [1.29, 1.82) is 0 Å². The molecule has 5 aromatic rings. The van der Waals surface area contributed by atoms with Gasteiger partial charge in [0, 0.05) is 28.1 Å². The van der Waals surface area contributed by atoms with Crippen LogP contribution in [0.5, 0.6) is 17.2 Å². The molecule has 178 valence electrons. The van der Waals surface area contributed by atoms with E-state index in [0.29, 0.717) is 22.4 Å². The van der Waals surface area contributed by atoms with Crippen molar-refractivity contribution in [3.8, 4) is 33.6 Å². The van der Waals surface area contributed by atoms with Crippen LogP contribution < -0.4 is 14.8 Å². The summed E-state index contributed by atoms with van der Waals surface area (Å²) in [7, 11) is 1.64. The van der Waals surface area contributed by atoms with E-state index in [0.717, 1.165) is 33.8 Å². The number of ether oxygens (including phenoxy) is 2. The fraction of sp³-hybridized carbons (Fsp3) is 0.107. The number of hydrogen-bond acceptors (Lipinski definition) is 6. The summed E-state index contributed by atoms with van der Waals surface area (Å²) in [4.78, 5) is 18.5. The molecule has 0 spiro atoms. The van der Waals surface area contributed by atoms with Crippen LogP contribution >= 0.6 is 11.3 Å². The smallest absolute Gasteiger partial charge is 0.237 e. The number of fused-ring (bicyclic) bond motifs is 2. The fourth-order valence-electron chi connectivity index (χ4n) is 4.38. The summed E-state index contributed by atoms with van der Waals surface area (Å²) < 4.78 is 13.0. The molecule has 7 nitrogen and oxygen atoms in total. The molecule has 1 amide bonds. The third-order valence-electron chi connectivity index (χ3n) is 6.08. The van der Waals surface area contributed by atoms with Crippen LogP contribution in [0.25, 0.3) is 16.4 Å². The molecule has 2 aromatic heterocycles. The van der Waals surface area contributed by atoms with E-state index in [2.05, 4.69) is 10.4 Å². The third-order valence-corrected chi connectivity index (χ3v) is 6.90. The van der Waals surface area contributed by atoms with Crippen molar-refractivity contribution in [2.45, 2.75) is 12.8 Å². The minimum Gasteiger partial charge on any atom is -0.497 e. The van der Waals surface area contributed by atoms with Crippen LogP contribution in [0.1, 0.15) is 22.7 Å². The van der Waals surface area contributed by atoms with Gasteiger partial charge in [0.1, 0.15) is 23.1 Å². The standard InChI is InChI=1S/C28H22N4O3S/c1-17-15-25(32(31-17)28-29-22(16-36-28)18-11-13-19(34-2)14-12-18)30-27(33)26-20-7-3-5-9-23(20)35-24-10-6-4-8-21(24)26/h3-16,26H,1-2H3,(H,30,33). The molecule has 0 atom stereocenters. The molecule has 3 heterocycles. The molecule has 1 aliphatic heterocycles. The number of anilines is 1. The van der Waals surface area contributed by atoms with Gasteiger partial charge in [0.15, 0.2) is 0 Å². The first-order valence-corrected chi connectivity index (χ1v) is 12.3. The molecule has 0 unspecified atom stereocenters. The van der Waals surface area contributed by atoms with E-state index in [-0.39, 0.29) is 5.91 Å². The number of rotatable bonds is 5. The first kappa shape index (κ1) is 22.1. The molecular formula is C28H22N4O3S. The Morgan fingerprint density at radius 3 is 2.33 bits per heavy atom. The molecule has 0 saturated heterocycles. The zero-order chi connectivity index (χ0) is 24.6. The van der Waals surface area contributed by atoms with Crippen molar-refractivity contribution in [2.24, 2.45) is 0 Å². The van der Waals surface area contributed by atoms with Gasteiger partial charge in [-0.3, -0.25) is 4.79 Å². The van der Waals surface area contributed by atoms with Gasteiger partial charge in [-0.25, -0.2) is 4.98 Å². The predicted octanol–water partition coefficient (Wildman–Crippen LogP) is 6.19. The molecule has 0 aliphatic carbocycles. The Balaban J connectivity index is 1.33. The number of methoxy groups -OCH3 is 1. The Kier molecular flexibility index (Phi) is 5.50. The first-order valence-electron chi connectivity index (χ1n) is 11.4. The van der Waals surface area contributed by atoms with Gasteiger partial charge in [-0.15, -0.1) is 11.3 Å². The third kappa shape index (κ3) is 3.91. The van der Waals surface area contributed by atoms with Gasteiger partial charge in [0.05, 0.1) is 24.4 Å². The van der Waals surface area contributed by atoms with Crippen molar-refractivity contribution >= 4 is 23.1 Å². The number of benzene rings is 3. The lowest BCUT2D eigenvalue weighted by molar-refractivity contribution is -0.116. The summed E-state index contributed by atoms with van der Waals surface area (Å²) in [5, 5.41) is 10.3. The second-order valence-corrected chi connectivity index (χ2v) is 9.26. The summed E-state index contributed by atoms with van der Waals surface area (Å²) in [5.74, 6) is 2.05. The van der Waals surface area contributed by atoms with E-state index >= 15 is 0 Å². The van der Waals surface area contributed by atoms with Gasteiger partial charge < -0.3 is 14.8 Å². The topological polar surface area (TPSA) is 78.3 Å². The number of carbonyl (C=O) groups excluding carboxylic acids is 1. The Morgan fingerprint density at radius 2 is 1.67 bits per heavy atom. The fourth-order valence-corrected chi connectivity index (χ4v) is 5.18. The number of nitrogens with one attached hydrogen (secondary N) is 1. The molecule has 0 saturated carbocycles. The molecule has 8 heteroatoms. The number of aromatic nitrogens is 3. The highest BCUT2D eigenvalue weighted by Crippen LogP contribution is 2.44. The zero-order valence-corrected chi connectivity index (χ0v) is 20.5. The van der Waals surface area contributed by atoms with Crippen molar-refractivity contribution in [1.82, 2.24) is 14.8 Å². The Morgan fingerprint density at radius 1 is 1.00 bits per heavy atom. The van der Waals surface area contributed by atoms with E-state index in [1.165, 1.54) is 11.3 Å². The lowest BCUT2D eigenvalue weighted by atomic mass is 9.87. The Labute approximate surface area is 212 Å². The molecule has 0 fully saturated rings. The van der Waals surface area contributed by atoms with Crippen molar-refractivity contribution < 1.29 is 14.3 Å². The number of para-hydroxylation sites is 2. The maximum atomic E-state index is 13.7. The molecule has 0 radical (unpaired) electrons. The van der Waals surface area contributed by atoms with Gasteiger partial charge >= 0.3 is 0 Å². The molecule has 36 heavy (non-hydrogen) atoms. The van der Waals surface area contributed by atoms with E-state index < -0.39 is 5.92 Å². The van der Waals surface area contributed by atoms with Gasteiger partial charge in [0.25, 0.3) is 0 Å². The van der Waals surface area contributed by atoms with E-state index in [1.807, 2.05) is 91.2 Å². The van der Waals surface area contributed by atoms with Crippen LogP contribution in [0.4, 0.5) is 5.82 Å². The van der Waals surface area contributed by atoms with E-state index in [1.54, 1.807) is 11.8 Å². The van der Waals surface area contributed by atoms with Crippen LogP contribution in [0, 0.1) is 6.92 Å².